The van der Waals surface area contributed by atoms with Gasteiger partial charge in [0, 0.05) is 39.4 Å². The smallest absolute Gasteiger partial charge is 0.279 e. The van der Waals surface area contributed by atoms with E-state index < -0.39 is 10.2 Å². The number of nitrogens with one attached hydrogen (secondary N) is 2. The zero-order valence-electron chi connectivity index (χ0n) is 11.6. The van der Waals surface area contributed by atoms with Crippen LogP contribution in [0.4, 0.5) is 0 Å². The predicted molar refractivity (Wildman–Crippen MR) is 74.1 cm³/mol. The van der Waals surface area contributed by atoms with Crippen molar-refractivity contribution in [3.63, 3.8) is 0 Å². The maximum absolute atomic E-state index is 12.2. The number of hydrogen-bond donors (Lipinski definition) is 2. The lowest BCUT2D eigenvalue weighted by molar-refractivity contribution is 0.121. The van der Waals surface area contributed by atoms with E-state index in [1.807, 2.05) is 0 Å². The molecule has 2 saturated heterocycles. The molecule has 7 heteroatoms. The van der Waals surface area contributed by atoms with Crippen molar-refractivity contribution in [3.05, 3.63) is 0 Å². The third-order valence-corrected chi connectivity index (χ3v) is 5.57. The highest BCUT2D eigenvalue weighted by molar-refractivity contribution is 7.87. The van der Waals surface area contributed by atoms with Crippen molar-refractivity contribution in [3.8, 4) is 0 Å². The number of nitrogens with zero attached hydrogens (tertiary/aromatic N) is 1. The van der Waals surface area contributed by atoms with Gasteiger partial charge in [-0.25, -0.2) is 4.72 Å². The monoisotopic (exact) mass is 291 g/mol. The molecule has 2 rings (SSSR count). The summed E-state index contributed by atoms with van der Waals surface area (Å²) in [6.07, 6.45) is 3.96. The second-order valence-electron chi connectivity index (χ2n) is 5.44. The molecule has 0 bridgehead atoms. The van der Waals surface area contributed by atoms with Gasteiger partial charge in [-0.3, -0.25) is 0 Å². The van der Waals surface area contributed by atoms with Gasteiger partial charge in [0.25, 0.3) is 10.2 Å². The fraction of sp³-hybridized carbons (Fsp3) is 1.00. The molecule has 6 nitrogen and oxygen atoms in total. The van der Waals surface area contributed by atoms with E-state index in [0.717, 1.165) is 38.8 Å². The van der Waals surface area contributed by atoms with E-state index >= 15 is 0 Å². The zero-order valence-corrected chi connectivity index (χ0v) is 12.4. The molecule has 1 atom stereocenters. The van der Waals surface area contributed by atoms with Crippen LogP contribution in [0.25, 0.3) is 0 Å². The lowest BCUT2D eigenvalue weighted by atomic mass is 9.99. The van der Waals surface area contributed by atoms with Gasteiger partial charge in [-0.05, 0) is 38.1 Å². The highest BCUT2D eigenvalue weighted by atomic mass is 32.2. The molecule has 19 heavy (non-hydrogen) atoms. The third-order valence-electron chi connectivity index (χ3n) is 3.99. The quantitative estimate of drug-likeness (QED) is 0.719. The standard InChI is InChI=1S/C12H25N3O3S/c1-18-10-11-4-7-15(8-5-11)19(16,17)14-9-12-3-2-6-13-12/h11-14H,2-10H2,1H3/t12-/m0/s1. The first-order valence-corrected chi connectivity index (χ1v) is 8.53. The van der Waals surface area contributed by atoms with Crippen LogP contribution in [0, 0.1) is 5.92 Å². The lowest BCUT2D eigenvalue weighted by Crippen LogP contribution is -2.48. The number of ether oxygens (including phenoxy) is 1. The van der Waals surface area contributed by atoms with Crippen LogP contribution in [0.5, 0.6) is 0 Å². The molecule has 2 aliphatic rings. The second kappa shape index (κ2) is 6.99. The predicted octanol–water partition coefficient (Wildman–Crippen LogP) is -0.0688. The van der Waals surface area contributed by atoms with Crippen LogP contribution in [0.1, 0.15) is 25.7 Å². The Morgan fingerprint density at radius 2 is 2.05 bits per heavy atom. The Morgan fingerprint density at radius 3 is 2.63 bits per heavy atom. The van der Waals surface area contributed by atoms with Crippen molar-refractivity contribution in [2.45, 2.75) is 31.7 Å². The van der Waals surface area contributed by atoms with Crippen molar-refractivity contribution in [2.24, 2.45) is 5.92 Å². The van der Waals surface area contributed by atoms with E-state index in [1.165, 1.54) is 0 Å². The molecule has 0 aliphatic carbocycles. The molecule has 2 fully saturated rings. The number of hydrogen-bond acceptors (Lipinski definition) is 4. The summed E-state index contributed by atoms with van der Waals surface area (Å²) in [4.78, 5) is 0. The fourth-order valence-corrected chi connectivity index (χ4v) is 4.07. The van der Waals surface area contributed by atoms with Gasteiger partial charge in [0.05, 0.1) is 0 Å². The largest absolute Gasteiger partial charge is 0.384 e. The second-order valence-corrected chi connectivity index (χ2v) is 7.20. The maximum Gasteiger partial charge on any atom is 0.279 e. The SMILES string of the molecule is COCC1CCN(S(=O)(=O)NC[C@@H]2CCCN2)CC1. The van der Waals surface area contributed by atoms with E-state index in [1.54, 1.807) is 11.4 Å². The van der Waals surface area contributed by atoms with Gasteiger partial charge >= 0.3 is 0 Å². The Kier molecular flexibility index (Phi) is 5.58. The van der Waals surface area contributed by atoms with E-state index in [9.17, 15) is 8.42 Å². The van der Waals surface area contributed by atoms with Crippen LogP contribution < -0.4 is 10.0 Å². The Bertz CT molecular complexity index is 360. The molecule has 0 radical (unpaired) electrons. The summed E-state index contributed by atoms with van der Waals surface area (Å²) in [6.45, 7) is 3.42. The molecule has 0 aromatic rings. The molecule has 0 unspecified atom stereocenters. The molecule has 2 heterocycles. The molecule has 112 valence electrons. The highest BCUT2D eigenvalue weighted by Gasteiger charge is 2.28. The minimum absolute atomic E-state index is 0.292. The molecule has 0 saturated carbocycles. The summed E-state index contributed by atoms with van der Waals surface area (Å²) < 4.78 is 33.7. The van der Waals surface area contributed by atoms with E-state index in [0.29, 0.717) is 31.6 Å². The molecule has 2 aliphatic heterocycles. The minimum atomic E-state index is -3.31. The molecular formula is C12H25N3O3S. The van der Waals surface area contributed by atoms with Gasteiger partial charge in [-0.15, -0.1) is 0 Å². The number of piperidine rings is 1. The van der Waals surface area contributed by atoms with Crippen LogP contribution >= 0.6 is 0 Å². The maximum atomic E-state index is 12.2. The van der Waals surface area contributed by atoms with Crippen molar-refractivity contribution in [2.75, 3.05) is 39.9 Å². The summed E-state index contributed by atoms with van der Waals surface area (Å²) in [5, 5.41) is 3.29. The molecule has 0 spiro atoms. The molecule has 0 aromatic carbocycles. The Balaban J connectivity index is 1.76. The molecule has 0 aromatic heterocycles. The van der Waals surface area contributed by atoms with Crippen LogP contribution in [0.2, 0.25) is 0 Å². The summed E-state index contributed by atoms with van der Waals surface area (Å²) in [6, 6.07) is 0.292. The average Bonchev–Trinajstić information content (AvgIpc) is 2.91. The van der Waals surface area contributed by atoms with Crippen molar-refractivity contribution >= 4 is 10.2 Å². The van der Waals surface area contributed by atoms with Gasteiger partial charge in [-0.2, -0.15) is 12.7 Å². The van der Waals surface area contributed by atoms with Gasteiger partial charge in [0.2, 0.25) is 0 Å². The average molecular weight is 291 g/mol. The summed E-state index contributed by atoms with van der Waals surface area (Å²) in [7, 11) is -1.61. The number of methoxy groups -OCH3 is 1. The highest BCUT2D eigenvalue weighted by Crippen LogP contribution is 2.19. The van der Waals surface area contributed by atoms with Gasteiger partial charge in [-0.1, -0.05) is 0 Å². The number of rotatable bonds is 6. The Morgan fingerprint density at radius 1 is 1.32 bits per heavy atom. The zero-order chi connectivity index (χ0) is 13.7. The molecular weight excluding hydrogens is 266 g/mol. The summed E-state index contributed by atoms with van der Waals surface area (Å²) >= 11 is 0. The van der Waals surface area contributed by atoms with E-state index in [4.69, 9.17) is 4.74 Å². The first-order chi connectivity index (χ1) is 9.12. The van der Waals surface area contributed by atoms with Crippen molar-refractivity contribution < 1.29 is 13.2 Å². The van der Waals surface area contributed by atoms with Crippen LogP contribution in [0.3, 0.4) is 0 Å². The Labute approximate surface area is 116 Å². The fourth-order valence-electron chi connectivity index (χ4n) is 2.78. The minimum Gasteiger partial charge on any atom is -0.384 e. The molecule has 2 N–H and O–H groups in total. The third kappa shape index (κ3) is 4.39. The van der Waals surface area contributed by atoms with Crippen LogP contribution in [-0.2, 0) is 14.9 Å². The first-order valence-electron chi connectivity index (χ1n) is 7.09. The summed E-state index contributed by atoms with van der Waals surface area (Å²) in [5.74, 6) is 0.493. The van der Waals surface area contributed by atoms with E-state index in [2.05, 4.69) is 10.0 Å². The van der Waals surface area contributed by atoms with Crippen molar-refractivity contribution in [1.82, 2.24) is 14.3 Å². The van der Waals surface area contributed by atoms with Gasteiger partial charge in [0.1, 0.15) is 0 Å². The summed E-state index contributed by atoms with van der Waals surface area (Å²) in [5.41, 5.74) is 0. The normalized spacial score (nSPS) is 26.9. The van der Waals surface area contributed by atoms with Crippen LogP contribution in [0.15, 0.2) is 0 Å². The lowest BCUT2D eigenvalue weighted by Gasteiger charge is -2.31. The first kappa shape index (κ1) is 15.2. The van der Waals surface area contributed by atoms with Crippen LogP contribution in [-0.4, -0.2) is 58.7 Å². The van der Waals surface area contributed by atoms with Crippen molar-refractivity contribution in [1.29, 1.82) is 0 Å². The van der Waals surface area contributed by atoms with Gasteiger partial charge < -0.3 is 10.1 Å². The molecule has 0 amide bonds. The topological polar surface area (TPSA) is 70.7 Å². The van der Waals surface area contributed by atoms with E-state index in [-0.39, 0.29) is 0 Å². The Hall–Kier alpha value is -0.210. The van der Waals surface area contributed by atoms with Gasteiger partial charge in [0.15, 0.2) is 0 Å².